The zero-order chi connectivity index (χ0) is 43.3. The lowest BCUT2D eigenvalue weighted by molar-refractivity contribution is 0.632. The van der Waals surface area contributed by atoms with E-state index in [-0.39, 0.29) is 45.6 Å². The van der Waals surface area contributed by atoms with Crippen molar-refractivity contribution in [3.8, 4) is 55.8 Å². The minimum atomic E-state index is -0.582. The van der Waals surface area contributed by atoms with E-state index in [1.807, 2.05) is 54.6 Å². The minimum Gasteiger partial charge on any atom is -0.455 e. The number of benzene rings is 8. The zero-order valence-electron chi connectivity index (χ0n) is 38.6. The first-order valence-corrected chi connectivity index (χ1v) is 15.0. The van der Waals surface area contributed by atoms with Crippen LogP contribution in [0.5, 0.6) is 0 Å². The molecule has 1 nitrogen and oxygen atoms in total. The third kappa shape index (κ3) is 4.64. The fraction of sp³-hybridized carbons (Fsp3) is 0. The highest BCUT2D eigenvalue weighted by Gasteiger charge is 2.20. The van der Waals surface area contributed by atoms with Crippen molar-refractivity contribution >= 4 is 32.5 Å². The first kappa shape index (κ1) is 16.4. The van der Waals surface area contributed by atoms with Gasteiger partial charge in [0.05, 0.1) is 19.2 Å². The van der Waals surface area contributed by atoms with Gasteiger partial charge in [0, 0.05) is 16.5 Å². The molecule has 0 N–H and O–H groups in total. The Morgan fingerprint density at radius 1 is 0.340 bits per heavy atom. The molecule has 0 saturated heterocycles. The molecule has 0 bridgehead atoms. The van der Waals surface area contributed by atoms with E-state index in [0.29, 0.717) is 49.9 Å². The van der Waals surface area contributed by atoms with E-state index in [4.69, 9.17) is 20.9 Å². The minimum absolute atomic E-state index is 0.0180. The third-order valence-electron chi connectivity index (χ3n) is 8.37. The maximum Gasteiger partial charge on any atom is 0.143 e. The maximum absolute atomic E-state index is 9.23. The number of fused-ring (bicyclic) bond motifs is 3. The van der Waals surface area contributed by atoms with Crippen LogP contribution in [0.15, 0.2) is 186 Å². The summed E-state index contributed by atoms with van der Waals surface area (Å²) in [6.07, 6.45) is 0. The van der Waals surface area contributed by atoms with Crippen LogP contribution in [0.1, 0.15) is 19.2 Å². The average Bonchev–Trinajstić information content (AvgIpc) is 3.67. The SMILES string of the molecule is [2H]c1c([2H])c([2H])c(-c2cccc(-c3oc4ccccc4c3-c3ccc(-c4c5ccccc5c(-c5c([2H])c([2H])c([2H])c([2H])c5[2H])c5c([2H])c([2H])c([2H])c([2H])c45)cc3)c2)c([2H])c1[2H]. The Morgan fingerprint density at radius 3 is 1.51 bits per heavy atom. The number of rotatable bonds is 5. The van der Waals surface area contributed by atoms with E-state index in [2.05, 4.69) is 0 Å². The van der Waals surface area contributed by atoms with E-state index in [1.54, 1.807) is 42.5 Å². The molecule has 9 rings (SSSR count). The molecule has 0 fully saturated rings. The van der Waals surface area contributed by atoms with Gasteiger partial charge in [-0.2, -0.15) is 0 Å². The van der Waals surface area contributed by atoms with E-state index < -0.39 is 66.5 Å². The van der Waals surface area contributed by atoms with Crippen molar-refractivity contribution in [2.45, 2.75) is 0 Å². The van der Waals surface area contributed by atoms with Gasteiger partial charge in [-0.25, -0.2) is 0 Å². The Bertz CT molecular complexity index is 3300. The molecular weight excluding hydrogens is 569 g/mol. The smallest absolute Gasteiger partial charge is 0.143 e. The summed E-state index contributed by atoms with van der Waals surface area (Å²) in [4.78, 5) is 0. The van der Waals surface area contributed by atoms with Crippen LogP contribution >= 0.6 is 0 Å². The zero-order valence-corrected chi connectivity index (χ0v) is 24.6. The molecule has 1 heteroatoms. The van der Waals surface area contributed by atoms with E-state index >= 15 is 0 Å². The van der Waals surface area contributed by atoms with Gasteiger partial charge in [0.2, 0.25) is 0 Å². The van der Waals surface area contributed by atoms with Crippen molar-refractivity contribution in [1.29, 1.82) is 0 Å². The highest BCUT2D eigenvalue weighted by molar-refractivity contribution is 6.21. The van der Waals surface area contributed by atoms with Crippen molar-refractivity contribution in [2.75, 3.05) is 0 Å². The number of hydrogen-bond donors (Lipinski definition) is 0. The van der Waals surface area contributed by atoms with Crippen molar-refractivity contribution < 1.29 is 23.6 Å². The standard InChI is InChI=1S/C46H30O/c1-3-14-31(15-4-1)35-18-13-19-36(30-35)46-45(41-24-11-12-25-42(41)47-46)34-28-26-33(27-29-34)44-39-22-9-7-20-37(39)43(32-16-5-2-6-17-32)38-21-8-10-23-40(38)44/h1-30H/i1D,2D,3D,4D,5D,6D,7D,9D,14D,15D,16D,17D,20D,22D. The molecule has 8 aromatic carbocycles. The summed E-state index contributed by atoms with van der Waals surface area (Å²) >= 11 is 0. The van der Waals surface area contributed by atoms with Gasteiger partial charge in [-0.15, -0.1) is 0 Å². The summed E-state index contributed by atoms with van der Waals surface area (Å²) in [6, 6.07) is 22.3. The van der Waals surface area contributed by atoms with Crippen LogP contribution in [0.4, 0.5) is 0 Å². The largest absolute Gasteiger partial charge is 0.455 e. The molecule has 1 heterocycles. The quantitative estimate of drug-likeness (QED) is 0.176. The normalized spacial score (nSPS) is 15.6. The maximum atomic E-state index is 9.23. The highest BCUT2D eigenvalue weighted by Crippen LogP contribution is 2.45. The lowest BCUT2D eigenvalue weighted by Gasteiger charge is -2.18. The monoisotopic (exact) mass is 612 g/mol. The number of hydrogen-bond acceptors (Lipinski definition) is 1. The van der Waals surface area contributed by atoms with Gasteiger partial charge >= 0.3 is 0 Å². The van der Waals surface area contributed by atoms with Crippen molar-refractivity contribution in [1.82, 2.24) is 0 Å². The second-order valence-corrected chi connectivity index (χ2v) is 11.0. The van der Waals surface area contributed by atoms with Crippen molar-refractivity contribution in [3.63, 3.8) is 0 Å². The summed E-state index contributed by atoms with van der Waals surface area (Å²) in [7, 11) is 0. The molecule has 0 aliphatic rings. The van der Waals surface area contributed by atoms with Gasteiger partial charge in [0.15, 0.2) is 0 Å². The Kier molecular flexibility index (Phi) is 3.95. The summed E-state index contributed by atoms with van der Waals surface area (Å²) < 4.78 is 127. The molecule has 0 atom stereocenters. The molecule has 0 amide bonds. The van der Waals surface area contributed by atoms with Gasteiger partial charge in [0.25, 0.3) is 0 Å². The molecule has 0 aliphatic heterocycles. The first-order chi connectivity index (χ1) is 29.1. The number of furan rings is 1. The molecule has 47 heavy (non-hydrogen) atoms. The summed E-state index contributed by atoms with van der Waals surface area (Å²) in [6.45, 7) is 0. The second kappa shape index (κ2) is 11.3. The van der Waals surface area contributed by atoms with Crippen LogP contribution in [-0.4, -0.2) is 0 Å². The van der Waals surface area contributed by atoms with Crippen LogP contribution in [0.2, 0.25) is 0 Å². The van der Waals surface area contributed by atoms with Crippen LogP contribution in [0.25, 0.3) is 88.3 Å². The molecule has 1 aromatic heterocycles. The predicted molar refractivity (Wildman–Crippen MR) is 198 cm³/mol. The fourth-order valence-corrected chi connectivity index (χ4v) is 6.36. The molecule has 0 radical (unpaired) electrons. The molecule has 0 spiro atoms. The predicted octanol–water partition coefficient (Wildman–Crippen LogP) is 13.1. The summed E-state index contributed by atoms with van der Waals surface area (Å²) in [5.74, 6) is 0.469. The van der Waals surface area contributed by atoms with E-state index in [1.165, 1.54) is 0 Å². The Hall–Kier alpha value is -6.18. The average molecular weight is 613 g/mol. The number of para-hydroxylation sites is 1. The second-order valence-electron chi connectivity index (χ2n) is 11.0. The molecule has 9 aromatic rings. The third-order valence-corrected chi connectivity index (χ3v) is 8.37. The summed E-state index contributed by atoms with van der Waals surface area (Å²) in [5.41, 5.74) is 4.07. The highest BCUT2D eigenvalue weighted by atomic mass is 16.3. The molecule has 0 aliphatic carbocycles. The van der Waals surface area contributed by atoms with Gasteiger partial charge in [-0.1, -0.05) is 170 Å². The fourth-order valence-electron chi connectivity index (χ4n) is 6.36. The molecule has 220 valence electrons. The van der Waals surface area contributed by atoms with Crippen LogP contribution in [0, 0.1) is 0 Å². The Morgan fingerprint density at radius 2 is 0.851 bits per heavy atom. The van der Waals surface area contributed by atoms with Gasteiger partial charge < -0.3 is 4.42 Å². The Labute approximate surface area is 293 Å². The van der Waals surface area contributed by atoms with Crippen LogP contribution in [0.3, 0.4) is 0 Å². The summed E-state index contributed by atoms with van der Waals surface area (Å²) in [5, 5.41) is 1.89. The lowest BCUT2D eigenvalue weighted by Crippen LogP contribution is -1.91. The first-order valence-electron chi connectivity index (χ1n) is 22.0. The van der Waals surface area contributed by atoms with Crippen molar-refractivity contribution in [2.24, 2.45) is 0 Å². The van der Waals surface area contributed by atoms with Gasteiger partial charge in [0.1, 0.15) is 11.3 Å². The van der Waals surface area contributed by atoms with Crippen molar-refractivity contribution in [3.05, 3.63) is 182 Å². The molecule has 0 saturated carbocycles. The van der Waals surface area contributed by atoms with E-state index in [0.717, 1.165) is 10.9 Å². The Balaban J connectivity index is 1.28. The van der Waals surface area contributed by atoms with Gasteiger partial charge in [-0.3, -0.25) is 0 Å². The van der Waals surface area contributed by atoms with Crippen LogP contribution in [-0.2, 0) is 0 Å². The molecular formula is C46H30O. The topological polar surface area (TPSA) is 13.1 Å². The van der Waals surface area contributed by atoms with E-state index in [9.17, 15) is 2.74 Å². The lowest BCUT2D eigenvalue weighted by atomic mass is 9.85. The van der Waals surface area contributed by atoms with Crippen LogP contribution < -0.4 is 0 Å². The van der Waals surface area contributed by atoms with Gasteiger partial charge in [-0.05, 0) is 72.6 Å². The molecule has 0 unspecified atom stereocenters.